The zero-order chi connectivity index (χ0) is 14.8. The van der Waals surface area contributed by atoms with Gasteiger partial charge in [0.15, 0.2) is 5.69 Å². The lowest BCUT2D eigenvalue weighted by atomic mass is 10.2. The Kier molecular flexibility index (Phi) is 3.90. The summed E-state index contributed by atoms with van der Waals surface area (Å²) in [5.41, 5.74) is 0.617. The van der Waals surface area contributed by atoms with Crippen molar-refractivity contribution >= 4 is 11.9 Å². The van der Waals surface area contributed by atoms with E-state index in [-0.39, 0.29) is 24.1 Å². The van der Waals surface area contributed by atoms with Crippen molar-refractivity contribution in [1.82, 2.24) is 19.9 Å². The second-order valence-corrected chi connectivity index (χ2v) is 5.86. The molecule has 1 saturated carbocycles. The first kappa shape index (κ1) is 14.0. The fourth-order valence-electron chi connectivity index (χ4n) is 2.90. The van der Waals surface area contributed by atoms with Crippen molar-refractivity contribution in [2.45, 2.75) is 51.0 Å². The van der Waals surface area contributed by atoms with Crippen LogP contribution in [0.15, 0.2) is 0 Å². The molecule has 1 aliphatic carbocycles. The highest BCUT2D eigenvalue weighted by molar-refractivity contribution is 5.87. The van der Waals surface area contributed by atoms with Crippen molar-refractivity contribution < 1.29 is 14.7 Å². The molecule has 0 spiro atoms. The molecule has 1 aromatic heterocycles. The fraction of sp³-hybridized carbons (Fsp3) is 0.714. The molecule has 21 heavy (non-hydrogen) atoms. The van der Waals surface area contributed by atoms with Gasteiger partial charge in [-0.05, 0) is 25.7 Å². The molecule has 2 heterocycles. The summed E-state index contributed by atoms with van der Waals surface area (Å²) in [5.74, 6) is -0.853. The molecule has 114 valence electrons. The number of carboxylic acid groups (broad SMARTS) is 1. The van der Waals surface area contributed by atoms with E-state index in [1.54, 1.807) is 0 Å². The molecule has 0 radical (unpaired) electrons. The number of carboxylic acids is 1. The molecule has 1 aromatic rings. The Bertz CT molecular complexity index is 542. The average Bonchev–Trinajstić information content (AvgIpc) is 3.25. The molecule has 0 unspecified atom stereocenters. The minimum absolute atomic E-state index is 0.00108. The quantitative estimate of drug-likeness (QED) is 0.902. The predicted molar refractivity (Wildman–Crippen MR) is 74.0 cm³/mol. The molecule has 0 bridgehead atoms. The summed E-state index contributed by atoms with van der Waals surface area (Å²) in [5, 5.41) is 16.8. The van der Waals surface area contributed by atoms with Gasteiger partial charge in [-0.15, -0.1) is 5.10 Å². The molecule has 2 fully saturated rings. The van der Waals surface area contributed by atoms with Gasteiger partial charge in [0.25, 0.3) is 0 Å². The normalized spacial score (nSPS) is 19.3. The van der Waals surface area contributed by atoms with E-state index in [1.807, 2.05) is 4.90 Å². The number of aromatic nitrogens is 3. The maximum atomic E-state index is 12.4. The Morgan fingerprint density at radius 3 is 2.38 bits per heavy atom. The van der Waals surface area contributed by atoms with E-state index in [4.69, 9.17) is 5.11 Å². The Balaban J connectivity index is 1.75. The Hall–Kier alpha value is -1.92. The Morgan fingerprint density at radius 2 is 1.81 bits per heavy atom. The molecule has 1 aliphatic heterocycles. The van der Waals surface area contributed by atoms with Gasteiger partial charge in [-0.3, -0.25) is 4.79 Å². The first-order valence-electron chi connectivity index (χ1n) is 7.61. The summed E-state index contributed by atoms with van der Waals surface area (Å²) < 4.78 is 1.49. The van der Waals surface area contributed by atoms with Crippen molar-refractivity contribution in [3.8, 4) is 0 Å². The zero-order valence-electron chi connectivity index (χ0n) is 12.0. The van der Waals surface area contributed by atoms with E-state index < -0.39 is 5.97 Å². The molecular weight excluding hydrogens is 272 g/mol. The fourth-order valence-corrected chi connectivity index (χ4v) is 2.90. The minimum Gasteiger partial charge on any atom is -0.476 e. The van der Waals surface area contributed by atoms with E-state index in [2.05, 4.69) is 10.3 Å². The average molecular weight is 292 g/mol. The van der Waals surface area contributed by atoms with Crippen LogP contribution in [0.25, 0.3) is 0 Å². The number of nitrogens with zero attached hydrogens (tertiary/aromatic N) is 4. The van der Waals surface area contributed by atoms with Gasteiger partial charge in [-0.1, -0.05) is 18.1 Å². The summed E-state index contributed by atoms with van der Waals surface area (Å²) in [6.07, 6.45) is 6.32. The largest absolute Gasteiger partial charge is 0.476 e. The van der Waals surface area contributed by atoms with Crippen LogP contribution in [0.1, 0.15) is 60.6 Å². The molecule has 1 amide bonds. The van der Waals surface area contributed by atoms with Crippen LogP contribution in [0.5, 0.6) is 0 Å². The van der Waals surface area contributed by atoms with Crippen molar-refractivity contribution in [2.75, 3.05) is 13.1 Å². The van der Waals surface area contributed by atoms with E-state index in [0.717, 1.165) is 38.8 Å². The lowest BCUT2D eigenvalue weighted by molar-refractivity contribution is -0.132. The van der Waals surface area contributed by atoms with Gasteiger partial charge in [0, 0.05) is 19.0 Å². The summed E-state index contributed by atoms with van der Waals surface area (Å²) in [6, 6.07) is 0. The number of likely N-dealkylation sites (tertiary alicyclic amines) is 1. The van der Waals surface area contributed by atoms with Crippen LogP contribution < -0.4 is 0 Å². The van der Waals surface area contributed by atoms with Gasteiger partial charge in [0.05, 0.1) is 5.69 Å². The minimum atomic E-state index is -1.06. The lowest BCUT2D eigenvalue weighted by Gasteiger charge is -2.20. The van der Waals surface area contributed by atoms with Crippen LogP contribution in [-0.2, 0) is 11.3 Å². The molecule has 2 aliphatic rings. The van der Waals surface area contributed by atoms with Gasteiger partial charge in [-0.25, -0.2) is 9.48 Å². The number of carbonyl (C=O) groups excluding carboxylic acids is 1. The lowest BCUT2D eigenvalue weighted by Crippen LogP contribution is -2.35. The number of aromatic carboxylic acids is 1. The third-order valence-electron chi connectivity index (χ3n) is 4.18. The number of rotatable bonds is 4. The molecule has 0 aromatic carbocycles. The van der Waals surface area contributed by atoms with Crippen molar-refractivity contribution in [3.63, 3.8) is 0 Å². The maximum absolute atomic E-state index is 12.4. The van der Waals surface area contributed by atoms with Crippen LogP contribution in [0, 0.1) is 0 Å². The van der Waals surface area contributed by atoms with Gasteiger partial charge < -0.3 is 10.0 Å². The monoisotopic (exact) mass is 292 g/mol. The standard InChI is InChI=1S/C14H20N4O3/c19-11(17-7-3-1-2-4-8-17)9-18-13(10-5-6-10)12(14(20)21)15-16-18/h10H,1-9H2,(H,20,21). The van der Waals surface area contributed by atoms with Gasteiger partial charge in [0.2, 0.25) is 5.91 Å². The highest BCUT2D eigenvalue weighted by Crippen LogP contribution is 2.41. The molecule has 0 atom stereocenters. The smallest absolute Gasteiger partial charge is 0.358 e. The van der Waals surface area contributed by atoms with E-state index >= 15 is 0 Å². The van der Waals surface area contributed by atoms with Crippen molar-refractivity contribution in [1.29, 1.82) is 0 Å². The highest BCUT2D eigenvalue weighted by atomic mass is 16.4. The first-order valence-corrected chi connectivity index (χ1v) is 7.61. The van der Waals surface area contributed by atoms with E-state index in [1.165, 1.54) is 17.5 Å². The summed E-state index contributed by atoms with van der Waals surface area (Å²) in [4.78, 5) is 25.4. The van der Waals surface area contributed by atoms with Gasteiger partial charge in [-0.2, -0.15) is 0 Å². The zero-order valence-corrected chi connectivity index (χ0v) is 12.0. The van der Waals surface area contributed by atoms with Crippen molar-refractivity contribution in [2.24, 2.45) is 0 Å². The topological polar surface area (TPSA) is 88.3 Å². The second kappa shape index (κ2) is 5.83. The van der Waals surface area contributed by atoms with Crippen LogP contribution in [0.3, 0.4) is 0 Å². The van der Waals surface area contributed by atoms with Gasteiger partial charge >= 0.3 is 5.97 Å². The molecular formula is C14H20N4O3. The third kappa shape index (κ3) is 3.06. The Morgan fingerprint density at radius 1 is 1.14 bits per heavy atom. The Labute approximate surface area is 122 Å². The molecule has 7 heteroatoms. The first-order chi connectivity index (χ1) is 10.2. The SMILES string of the molecule is O=C(O)c1nnn(CC(=O)N2CCCCCC2)c1C1CC1. The molecule has 3 rings (SSSR count). The van der Waals surface area contributed by atoms with Crippen LogP contribution in [-0.4, -0.2) is 50.0 Å². The van der Waals surface area contributed by atoms with Crippen molar-refractivity contribution in [3.05, 3.63) is 11.4 Å². The number of hydrogen-bond donors (Lipinski definition) is 1. The summed E-state index contributed by atoms with van der Waals surface area (Å²) in [6.45, 7) is 1.68. The second-order valence-electron chi connectivity index (χ2n) is 5.86. The number of carbonyl (C=O) groups is 2. The molecule has 7 nitrogen and oxygen atoms in total. The maximum Gasteiger partial charge on any atom is 0.358 e. The van der Waals surface area contributed by atoms with Crippen LogP contribution in [0.2, 0.25) is 0 Å². The predicted octanol–water partition coefficient (Wildman–Crippen LogP) is 1.26. The molecule has 1 saturated heterocycles. The molecule has 1 N–H and O–H groups in total. The van der Waals surface area contributed by atoms with Crippen LogP contribution >= 0.6 is 0 Å². The van der Waals surface area contributed by atoms with E-state index in [0.29, 0.717) is 5.69 Å². The number of amides is 1. The highest BCUT2D eigenvalue weighted by Gasteiger charge is 2.34. The third-order valence-corrected chi connectivity index (χ3v) is 4.18. The number of hydrogen-bond acceptors (Lipinski definition) is 4. The van der Waals surface area contributed by atoms with Crippen LogP contribution in [0.4, 0.5) is 0 Å². The van der Waals surface area contributed by atoms with E-state index in [9.17, 15) is 9.59 Å². The van der Waals surface area contributed by atoms with Gasteiger partial charge in [0.1, 0.15) is 6.54 Å². The summed E-state index contributed by atoms with van der Waals surface area (Å²) >= 11 is 0. The summed E-state index contributed by atoms with van der Waals surface area (Å²) in [7, 11) is 0.